The number of benzene rings is 1. The van der Waals surface area contributed by atoms with Gasteiger partial charge in [0, 0.05) is 19.6 Å². The molecular formula is C20H28N2O4S. The molecule has 1 aromatic rings. The van der Waals surface area contributed by atoms with Crippen LogP contribution in [0.15, 0.2) is 35.2 Å². The second-order valence-corrected chi connectivity index (χ2v) is 10.2. The van der Waals surface area contributed by atoms with E-state index in [1.165, 1.54) is 12.8 Å². The van der Waals surface area contributed by atoms with Crippen molar-refractivity contribution in [1.82, 2.24) is 9.62 Å². The van der Waals surface area contributed by atoms with Crippen molar-refractivity contribution in [2.24, 2.45) is 11.8 Å². The topological polar surface area (TPSA) is 75.7 Å². The van der Waals surface area contributed by atoms with Crippen LogP contribution >= 0.6 is 0 Å². The van der Waals surface area contributed by atoms with Gasteiger partial charge in [0.15, 0.2) is 0 Å². The third kappa shape index (κ3) is 3.77. The van der Waals surface area contributed by atoms with Crippen LogP contribution in [0.1, 0.15) is 39.0 Å². The minimum absolute atomic E-state index is 0.00897. The van der Waals surface area contributed by atoms with Crippen molar-refractivity contribution in [2.75, 3.05) is 19.6 Å². The number of ether oxygens (including phenoxy) is 1. The van der Waals surface area contributed by atoms with Gasteiger partial charge in [0.05, 0.1) is 10.5 Å². The smallest absolute Gasteiger partial charge is 0.249 e. The molecule has 7 heteroatoms. The van der Waals surface area contributed by atoms with Crippen molar-refractivity contribution in [1.29, 1.82) is 0 Å². The molecule has 2 saturated heterocycles. The molecule has 4 rings (SSSR count). The third-order valence-electron chi connectivity index (χ3n) is 6.30. The van der Waals surface area contributed by atoms with Gasteiger partial charge in [-0.05, 0) is 56.1 Å². The first kappa shape index (κ1) is 18.9. The summed E-state index contributed by atoms with van der Waals surface area (Å²) in [4.78, 5) is 12.7. The lowest BCUT2D eigenvalue weighted by Gasteiger charge is -2.43. The summed E-state index contributed by atoms with van der Waals surface area (Å²) in [6, 6.07) is 8.57. The molecule has 27 heavy (non-hydrogen) atoms. The Balaban J connectivity index is 1.39. The van der Waals surface area contributed by atoms with Gasteiger partial charge in [-0.2, -0.15) is 4.31 Å². The molecule has 1 amide bonds. The molecule has 1 aromatic carbocycles. The van der Waals surface area contributed by atoms with Crippen molar-refractivity contribution < 1.29 is 17.9 Å². The van der Waals surface area contributed by atoms with Crippen LogP contribution in [0, 0.1) is 11.8 Å². The lowest BCUT2D eigenvalue weighted by atomic mass is 9.81. The fraction of sp³-hybridized carbons (Fsp3) is 0.650. The summed E-state index contributed by atoms with van der Waals surface area (Å²) < 4.78 is 33.6. The standard InChI is InChI=1S/C20H28N2O4S/c1-15-14-22(27(24,25)17-5-3-2-4-6-17)12-11-20(15)10-9-18(26-20)19(23)21-13-16-7-8-16/h2-6,15-16,18H,7-14H2,1H3,(H,21,23)/t15-,18+,20+/m1/s1. The van der Waals surface area contributed by atoms with E-state index in [9.17, 15) is 13.2 Å². The first-order valence-electron chi connectivity index (χ1n) is 9.91. The molecule has 3 aliphatic rings. The average Bonchev–Trinajstić information content (AvgIpc) is 3.41. The fourth-order valence-electron chi connectivity index (χ4n) is 4.27. The number of hydrogen-bond donors (Lipinski definition) is 1. The highest BCUT2D eigenvalue weighted by Gasteiger charge is 2.50. The summed E-state index contributed by atoms with van der Waals surface area (Å²) in [6.45, 7) is 3.65. The highest BCUT2D eigenvalue weighted by Crippen LogP contribution is 2.43. The van der Waals surface area contributed by atoms with E-state index in [1.807, 2.05) is 13.0 Å². The SMILES string of the molecule is C[C@@H]1CN(S(=O)(=O)c2ccccc2)CC[C@@]12CC[C@@H](C(=O)NCC1CC1)O2. The molecule has 0 unspecified atom stereocenters. The van der Waals surface area contributed by atoms with Crippen molar-refractivity contribution >= 4 is 15.9 Å². The lowest BCUT2D eigenvalue weighted by Crippen LogP contribution is -2.53. The minimum atomic E-state index is -3.48. The van der Waals surface area contributed by atoms with E-state index in [0.29, 0.717) is 36.7 Å². The number of rotatable bonds is 5. The lowest BCUT2D eigenvalue weighted by molar-refractivity contribution is -0.145. The fourth-order valence-corrected chi connectivity index (χ4v) is 5.82. The summed E-state index contributed by atoms with van der Waals surface area (Å²) >= 11 is 0. The number of nitrogens with zero attached hydrogens (tertiary/aromatic N) is 1. The second kappa shape index (κ2) is 7.18. The Morgan fingerprint density at radius 3 is 2.63 bits per heavy atom. The second-order valence-electron chi connectivity index (χ2n) is 8.23. The summed E-state index contributed by atoms with van der Waals surface area (Å²) in [5.41, 5.74) is -0.385. The van der Waals surface area contributed by atoms with E-state index in [-0.39, 0.29) is 17.4 Å². The molecule has 3 fully saturated rings. The van der Waals surface area contributed by atoms with Crippen LogP contribution < -0.4 is 5.32 Å². The van der Waals surface area contributed by atoms with Crippen molar-refractivity contribution in [3.63, 3.8) is 0 Å². The van der Waals surface area contributed by atoms with Gasteiger partial charge in [-0.15, -0.1) is 0 Å². The predicted octanol–water partition coefficient (Wildman–Crippen LogP) is 2.16. The maximum absolute atomic E-state index is 12.9. The third-order valence-corrected chi connectivity index (χ3v) is 8.18. The van der Waals surface area contributed by atoms with Crippen LogP contribution in [-0.2, 0) is 19.6 Å². The molecule has 6 nitrogen and oxygen atoms in total. The minimum Gasteiger partial charge on any atom is -0.362 e. The number of piperidine rings is 1. The quantitative estimate of drug-likeness (QED) is 0.833. The van der Waals surface area contributed by atoms with Gasteiger partial charge in [-0.25, -0.2) is 8.42 Å². The Bertz CT molecular complexity index is 793. The Morgan fingerprint density at radius 1 is 1.22 bits per heavy atom. The Hall–Kier alpha value is -1.44. The molecule has 0 bridgehead atoms. The zero-order valence-corrected chi connectivity index (χ0v) is 16.6. The van der Waals surface area contributed by atoms with E-state index in [4.69, 9.17) is 4.74 Å². The molecule has 1 aliphatic carbocycles. The van der Waals surface area contributed by atoms with Crippen LogP contribution in [0.3, 0.4) is 0 Å². The number of carbonyl (C=O) groups excluding carboxylic acids is 1. The summed E-state index contributed by atoms with van der Waals surface area (Å²) in [5, 5.41) is 3.01. The molecule has 2 aliphatic heterocycles. The van der Waals surface area contributed by atoms with Crippen molar-refractivity contribution in [3.05, 3.63) is 30.3 Å². The molecule has 1 N–H and O–H groups in total. The van der Waals surface area contributed by atoms with Gasteiger partial charge in [0.1, 0.15) is 6.10 Å². The van der Waals surface area contributed by atoms with E-state index in [0.717, 1.165) is 13.0 Å². The van der Waals surface area contributed by atoms with Crippen molar-refractivity contribution in [2.45, 2.75) is 55.6 Å². The molecule has 0 aromatic heterocycles. The molecular weight excluding hydrogens is 364 g/mol. The Morgan fingerprint density at radius 2 is 1.96 bits per heavy atom. The molecule has 0 radical (unpaired) electrons. The van der Waals surface area contributed by atoms with Gasteiger partial charge < -0.3 is 10.1 Å². The Kier molecular flexibility index (Phi) is 5.03. The first-order valence-corrected chi connectivity index (χ1v) is 11.4. The Labute approximate surface area is 161 Å². The van der Waals surface area contributed by atoms with E-state index in [1.54, 1.807) is 28.6 Å². The highest BCUT2D eigenvalue weighted by atomic mass is 32.2. The van der Waals surface area contributed by atoms with Crippen LogP contribution in [0.4, 0.5) is 0 Å². The summed E-state index contributed by atoms with van der Waals surface area (Å²) in [6.07, 6.45) is 4.17. The van der Waals surface area contributed by atoms with Crippen LogP contribution in [0.25, 0.3) is 0 Å². The van der Waals surface area contributed by atoms with Gasteiger partial charge in [0.25, 0.3) is 0 Å². The van der Waals surface area contributed by atoms with Gasteiger partial charge >= 0.3 is 0 Å². The molecule has 148 valence electrons. The average molecular weight is 393 g/mol. The van der Waals surface area contributed by atoms with Crippen LogP contribution in [-0.4, -0.2) is 50.0 Å². The van der Waals surface area contributed by atoms with Gasteiger partial charge in [-0.1, -0.05) is 25.1 Å². The molecule has 2 heterocycles. The number of carbonyl (C=O) groups is 1. The predicted molar refractivity (Wildman–Crippen MR) is 102 cm³/mol. The molecule has 1 saturated carbocycles. The maximum Gasteiger partial charge on any atom is 0.249 e. The number of nitrogens with one attached hydrogen (secondary N) is 1. The number of amides is 1. The first-order chi connectivity index (χ1) is 12.9. The number of hydrogen-bond acceptors (Lipinski definition) is 4. The molecule has 3 atom stereocenters. The maximum atomic E-state index is 12.9. The van der Waals surface area contributed by atoms with E-state index < -0.39 is 16.1 Å². The van der Waals surface area contributed by atoms with Crippen LogP contribution in [0.2, 0.25) is 0 Å². The zero-order chi connectivity index (χ0) is 19.1. The highest BCUT2D eigenvalue weighted by molar-refractivity contribution is 7.89. The van der Waals surface area contributed by atoms with Crippen LogP contribution in [0.5, 0.6) is 0 Å². The summed E-state index contributed by atoms with van der Waals surface area (Å²) in [5.74, 6) is 0.686. The largest absolute Gasteiger partial charge is 0.362 e. The zero-order valence-electron chi connectivity index (χ0n) is 15.8. The molecule has 1 spiro atoms. The summed E-state index contributed by atoms with van der Waals surface area (Å²) in [7, 11) is -3.48. The number of sulfonamides is 1. The van der Waals surface area contributed by atoms with Gasteiger partial charge in [0.2, 0.25) is 15.9 Å². The van der Waals surface area contributed by atoms with E-state index in [2.05, 4.69) is 5.32 Å². The van der Waals surface area contributed by atoms with Crippen molar-refractivity contribution in [3.8, 4) is 0 Å². The monoisotopic (exact) mass is 392 g/mol. The van der Waals surface area contributed by atoms with E-state index >= 15 is 0 Å². The van der Waals surface area contributed by atoms with Gasteiger partial charge in [-0.3, -0.25) is 4.79 Å². The normalized spacial score (nSPS) is 31.9.